The summed E-state index contributed by atoms with van der Waals surface area (Å²) in [6, 6.07) is 15.9. The number of thioether (sulfide) groups is 1. The van der Waals surface area contributed by atoms with E-state index in [0.717, 1.165) is 15.6 Å². The van der Waals surface area contributed by atoms with Gasteiger partial charge in [0.25, 0.3) is 0 Å². The van der Waals surface area contributed by atoms with E-state index in [2.05, 4.69) is 15.9 Å². The first-order chi connectivity index (χ1) is 9.65. The van der Waals surface area contributed by atoms with Gasteiger partial charge in [-0.05, 0) is 41.6 Å². The van der Waals surface area contributed by atoms with Gasteiger partial charge in [0.2, 0.25) is 0 Å². The lowest BCUT2D eigenvalue weighted by Gasteiger charge is -2.22. The quantitative estimate of drug-likeness (QED) is 0.801. The normalized spacial score (nSPS) is 14.0. The van der Waals surface area contributed by atoms with Crippen molar-refractivity contribution in [2.24, 2.45) is 5.73 Å². The maximum atomic E-state index is 10.6. The van der Waals surface area contributed by atoms with Gasteiger partial charge in [0.05, 0.1) is 6.10 Å². The molecule has 0 heterocycles. The largest absolute Gasteiger partial charge is 0.388 e. The van der Waals surface area contributed by atoms with Gasteiger partial charge in [0, 0.05) is 21.8 Å². The molecular formula is C16H18BrNOS. The van der Waals surface area contributed by atoms with E-state index >= 15 is 0 Å². The molecule has 0 aromatic heterocycles. The molecule has 2 atom stereocenters. The standard InChI is InChI=1S/C16H18BrNOS/c1-20-14-7-5-11(6-8-14)16(19)15(10-18)12-3-2-4-13(17)9-12/h2-9,15-16,19H,10,18H2,1H3. The summed E-state index contributed by atoms with van der Waals surface area (Å²) >= 11 is 5.15. The highest BCUT2D eigenvalue weighted by Gasteiger charge is 2.21. The zero-order valence-electron chi connectivity index (χ0n) is 11.3. The van der Waals surface area contributed by atoms with Crippen LogP contribution in [0.2, 0.25) is 0 Å². The Balaban J connectivity index is 2.26. The minimum absolute atomic E-state index is 0.104. The maximum Gasteiger partial charge on any atom is 0.0870 e. The Bertz CT molecular complexity index is 559. The van der Waals surface area contributed by atoms with Gasteiger partial charge in [0.15, 0.2) is 0 Å². The molecule has 0 aliphatic heterocycles. The van der Waals surface area contributed by atoms with Crippen LogP contribution in [-0.2, 0) is 0 Å². The van der Waals surface area contributed by atoms with Gasteiger partial charge in [-0.2, -0.15) is 0 Å². The number of aliphatic hydroxyl groups is 1. The molecule has 0 fully saturated rings. The molecule has 0 saturated carbocycles. The molecule has 2 unspecified atom stereocenters. The van der Waals surface area contributed by atoms with Crippen molar-refractivity contribution in [2.45, 2.75) is 16.9 Å². The smallest absolute Gasteiger partial charge is 0.0870 e. The van der Waals surface area contributed by atoms with Crippen LogP contribution in [0.1, 0.15) is 23.1 Å². The van der Waals surface area contributed by atoms with E-state index < -0.39 is 6.10 Å². The van der Waals surface area contributed by atoms with E-state index in [0.29, 0.717) is 6.54 Å². The van der Waals surface area contributed by atoms with Gasteiger partial charge in [-0.25, -0.2) is 0 Å². The third-order valence-corrected chi connectivity index (χ3v) is 4.61. The molecule has 0 aliphatic carbocycles. The fourth-order valence-electron chi connectivity index (χ4n) is 2.22. The van der Waals surface area contributed by atoms with Crippen molar-refractivity contribution >= 4 is 27.7 Å². The zero-order valence-corrected chi connectivity index (χ0v) is 13.7. The molecule has 20 heavy (non-hydrogen) atoms. The summed E-state index contributed by atoms with van der Waals surface area (Å²) in [5.41, 5.74) is 7.82. The Hall–Kier alpha value is -0.810. The van der Waals surface area contributed by atoms with Crippen LogP contribution in [0, 0.1) is 0 Å². The zero-order chi connectivity index (χ0) is 14.5. The maximum absolute atomic E-state index is 10.6. The lowest BCUT2D eigenvalue weighted by Crippen LogP contribution is -2.20. The number of rotatable bonds is 5. The van der Waals surface area contributed by atoms with Crippen LogP contribution in [0.25, 0.3) is 0 Å². The molecule has 4 heteroatoms. The molecule has 0 spiro atoms. The van der Waals surface area contributed by atoms with Gasteiger partial charge >= 0.3 is 0 Å². The fraction of sp³-hybridized carbons (Fsp3) is 0.250. The highest BCUT2D eigenvalue weighted by atomic mass is 79.9. The third kappa shape index (κ3) is 3.64. The molecule has 2 aromatic carbocycles. The monoisotopic (exact) mass is 351 g/mol. The molecule has 0 aliphatic rings. The van der Waals surface area contributed by atoms with Gasteiger partial charge in [-0.1, -0.05) is 40.2 Å². The summed E-state index contributed by atoms with van der Waals surface area (Å²) in [4.78, 5) is 1.19. The first kappa shape index (κ1) is 15.6. The van der Waals surface area contributed by atoms with Crippen molar-refractivity contribution in [3.05, 3.63) is 64.1 Å². The van der Waals surface area contributed by atoms with Crippen molar-refractivity contribution in [1.82, 2.24) is 0 Å². The summed E-state index contributed by atoms with van der Waals surface area (Å²) in [6.07, 6.45) is 1.44. The van der Waals surface area contributed by atoms with Crippen molar-refractivity contribution in [2.75, 3.05) is 12.8 Å². The van der Waals surface area contributed by atoms with E-state index in [4.69, 9.17) is 5.73 Å². The number of aliphatic hydroxyl groups excluding tert-OH is 1. The minimum atomic E-state index is -0.592. The van der Waals surface area contributed by atoms with E-state index in [1.165, 1.54) is 4.90 Å². The molecule has 0 amide bonds. The molecule has 0 radical (unpaired) electrons. The Morgan fingerprint density at radius 3 is 2.40 bits per heavy atom. The van der Waals surface area contributed by atoms with Crippen LogP contribution < -0.4 is 5.73 Å². The van der Waals surface area contributed by atoms with Crippen LogP contribution in [0.15, 0.2) is 57.9 Å². The second-order valence-corrected chi connectivity index (χ2v) is 6.41. The Morgan fingerprint density at radius 1 is 1.15 bits per heavy atom. The van der Waals surface area contributed by atoms with E-state index in [1.54, 1.807) is 11.8 Å². The summed E-state index contributed by atoms with van der Waals surface area (Å²) < 4.78 is 0.999. The van der Waals surface area contributed by atoms with E-state index in [9.17, 15) is 5.11 Å². The van der Waals surface area contributed by atoms with Crippen molar-refractivity contribution in [1.29, 1.82) is 0 Å². The Labute approximate surface area is 132 Å². The number of hydrogen-bond acceptors (Lipinski definition) is 3. The highest BCUT2D eigenvalue weighted by Crippen LogP contribution is 2.32. The molecular weight excluding hydrogens is 334 g/mol. The molecule has 2 nitrogen and oxygen atoms in total. The van der Waals surface area contributed by atoms with Crippen LogP contribution in [0.5, 0.6) is 0 Å². The Morgan fingerprint density at radius 2 is 1.85 bits per heavy atom. The number of halogens is 1. The summed E-state index contributed by atoms with van der Waals surface area (Å²) in [6.45, 7) is 0.405. The molecule has 2 rings (SSSR count). The van der Waals surface area contributed by atoms with Crippen molar-refractivity contribution in [3.8, 4) is 0 Å². The number of benzene rings is 2. The summed E-state index contributed by atoms with van der Waals surface area (Å²) in [5.74, 6) is -0.104. The predicted octanol–water partition coefficient (Wildman–Crippen LogP) is 3.95. The van der Waals surface area contributed by atoms with Gasteiger partial charge in [0.1, 0.15) is 0 Å². The fourth-order valence-corrected chi connectivity index (χ4v) is 3.04. The second-order valence-electron chi connectivity index (χ2n) is 4.62. The molecule has 0 saturated heterocycles. The molecule has 3 N–H and O–H groups in total. The average Bonchev–Trinajstić information content (AvgIpc) is 2.48. The van der Waals surface area contributed by atoms with E-state index in [-0.39, 0.29) is 5.92 Å². The van der Waals surface area contributed by atoms with Crippen LogP contribution in [0.3, 0.4) is 0 Å². The number of nitrogens with two attached hydrogens (primary N) is 1. The lowest BCUT2D eigenvalue weighted by atomic mass is 9.89. The van der Waals surface area contributed by atoms with Crippen LogP contribution >= 0.6 is 27.7 Å². The first-order valence-corrected chi connectivity index (χ1v) is 8.45. The molecule has 0 bridgehead atoms. The van der Waals surface area contributed by atoms with Gasteiger partial charge in [-0.3, -0.25) is 0 Å². The van der Waals surface area contributed by atoms with Gasteiger partial charge < -0.3 is 10.8 Å². The SMILES string of the molecule is CSc1ccc(C(O)C(CN)c2cccc(Br)c2)cc1. The molecule has 2 aromatic rings. The average molecular weight is 352 g/mol. The molecule has 106 valence electrons. The Kier molecular flexibility index (Phi) is 5.66. The van der Waals surface area contributed by atoms with Crippen LogP contribution in [0.4, 0.5) is 0 Å². The first-order valence-electron chi connectivity index (χ1n) is 6.43. The highest BCUT2D eigenvalue weighted by molar-refractivity contribution is 9.10. The predicted molar refractivity (Wildman–Crippen MR) is 89.1 cm³/mol. The minimum Gasteiger partial charge on any atom is -0.388 e. The van der Waals surface area contributed by atoms with Crippen molar-refractivity contribution in [3.63, 3.8) is 0 Å². The third-order valence-electron chi connectivity index (χ3n) is 3.37. The lowest BCUT2D eigenvalue weighted by molar-refractivity contribution is 0.147. The topological polar surface area (TPSA) is 46.2 Å². The van der Waals surface area contributed by atoms with Crippen LogP contribution in [-0.4, -0.2) is 17.9 Å². The van der Waals surface area contributed by atoms with Gasteiger partial charge in [-0.15, -0.1) is 11.8 Å². The second kappa shape index (κ2) is 7.27. The summed E-state index contributed by atoms with van der Waals surface area (Å²) in [5, 5.41) is 10.6. The van der Waals surface area contributed by atoms with Crippen molar-refractivity contribution < 1.29 is 5.11 Å². The number of hydrogen-bond donors (Lipinski definition) is 2. The van der Waals surface area contributed by atoms with E-state index in [1.807, 2.05) is 54.8 Å². The summed E-state index contributed by atoms with van der Waals surface area (Å²) in [7, 11) is 0.